The summed E-state index contributed by atoms with van der Waals surface area (Å²) in [5.74, 6) is 1.47. The Bertz CT molecular complexity index is 562. The lowest BCUT2D eigenvalue weighted by Gasteiger charge is -2.14. The molecule has 0 bridgehead atoms. The molecule has 0 spiro atoms. The van der Waals surface area contributed by atoms with Crippen LogP contribution in [0.3, 0.4) is 0 Å². The Morgan fingerprint density at radius 3 is 2.74 bits per heavy atom. The Morgan fingerprint density at radius 2 is 2.00 bits per heavy atom. The lowest BCUT2D eigenvalue weighted by molar-refractivity contribution is 0.167. The number of ether oxygens (including phenoxy) is 2. The van der Waals surface area contributed by atoms with Crippen LogP contribution in [0.4, 0.5) is 0 Å². The van der Waals surface area contributed by atoms with E-state index in [1.165, 1.54) is 5.39 Å². The van der Waals surface area contributed by atoms with Gasteiger partial charge in [-0.05, 0) is 23.4 Å². The summed E-state index contributed by atoms with van der Waals surface area (Å²) in [6.07, 6.45) is 1.10. The standard InChI is InChI=1S/C16H19NO2/c17-9-13-5-6-16(15-4-2-1-3-14(13)15)19-11-12-7-8-18-10-12/h1-6,12H,7-11,17H2. The van der Waals surface area contributed by atoms with Gasteiger partial charge in [-0.25, -0.2) is 0 Å². The molecule has 0 radical (unpaired) electrons. The van der Waals surface area contributed by atoms with E-state index in [4.69, 9.17) is 15.2 Å². The van der Waals surface area contributed by atoms with Crippen LogP contribution in [0.5, 0.6) is 5.75 Å². The molecule has 1 aliphatic rings. The van der Waals surface area contributed by atoms with Gasteiger partial charge in [-0.1, -0.05) is 30.3 Å². The van der Waals surface area contributed by atoms with E-state index in [9.17, 15) is 0 Å². The lowest BCUT2D eigenvalue weighted by atomic mass is 10.0. The number of hydrogen-bond acceptors (Lipinski definition) is 3. The van der Waals surface area contributed by atoms with Gasteiger partial charge in [0.25, 0.3) is 0 Å². The molecule has 0 aromatic heterocycles. The van der Waals surface area contributed by atoms with Crippen LogP contribution in [-0.2, 0) is 11.3 Å². The maximum Gasteiger partial charge on any atom is 0.127 e. The van der Waals surface area contributed by atoms with Gasteiger partial charge < -0.3 is 15.2 Å². The molecule has 1 heterocycles. The van der Waals surface area contributed by atoms with Crippen LogP contribution in [0.15, 0.2) is 36.4 Å². The fourth-order valence-corrected chi connectivity index (χ4v) is 2.56. The van der Waals surface area contributed by atoms with E-state index in [2.05, 4.69) is 18.2 Å². The summed E-state index contributed by atoms with van der Waals surface area (Å²) in [6.45, 7) is 2.96. The molecule has 2 aromatic carbocycles. The molecule has 3 nitrogen and oxygen atoms in total. The molecule has 0 amide bonds. The van der Waals surface area contributed by atoms with E-state index < -0.39 is 0 Å². The van der Waals surface area contributed by atoms with Crippen LogP contribution in [0.1, 0.15) is 12.0 Å². The Kier molecular flexibility index (Phi) is 3.67. The van der Waals surface area contributed by atoms with Crippen LogP contribution in [-0.4, -0.2) is 19.8 Å². The summed E-state index contributed by atoms with van der Waals surface area (Å²) >= 11 is 0. The van der Waals surface area contributed by atoms with Crippen molar-refractivity contribution in [1.82, 2.24) is 0 Å². The van der Waals surface area contributed by atoms with Gasteiger partial charge in [-0.3, -0.25) is 0 Å². The highest BCUT2D eigenvalue weighted by Gasteiger charge is 2.16. The van der Waals surface area contributed by atoms with Crippen molar-refractivity contribution in [3.63, 3.8) is 0 Å². The average Bonchev–Trinajstić information content (AvgIpc) is 2.98. The predicted molar refractivity (Wildman–Crippen MR) is 76.3 cm³/mol. The Balaban J connectivity index is 1.86. The maximum atomic E-state index is 5.98. The first-order valence-corrected chi connectivity index (χ1v) is 6.79. The first kappa shape index (κ1) is 12.5. The zero-order valence-corrected chi connectivity index (χ0v) is 11.0. The highest BCUT2D eigenvalue weighted by atomic mass is 16.5. The van der Waals surface area contributed by atoms with Crippen molar-refractivity contribution in [2.24, 2.45) is 11.7 Å². The molecular weight excluding hydrogens is 238 g/mol. The predicted octanol–water partition coefficient (Wildman–Crippen LogP) is 2.71. The molecule has 0 saturated carbocycles. The van der Waals surface area contributed by atoms with Gasteiger partial charge in [0.15, 0.2) is 0 Å². The van der Waals surface area contributed by atoms with Crippen molar-refractivity contribution in [3.8, 4) is 5.75 Å². The van der Waals surface area contributed by atoms with E-state index in [0.717, 1.165) is 42.9 Å². The third-order valence-corrected chi connectivity index (χ3v) is 3.69. The molecule has 3 rings (SSSR count). The van der Waals surface area contributed by atoms with Gasteiger partial charge in [0.1, 0.15) is 5.75 Å². The highest BCUT2D eigenvalue weighted by Crippen LogP contribution is 2.29. The number of hydrogen-bond donors (Lipinski definition) is 1. The third-order valence-electron chi connectivity index (χ3n) is 3.69. The van der Waals surface area contributed by atoms with Crippen molar-refractivity contribution in [3.05, 3.63) is 42.0 Å². The van der Waals surface area contributed by atoms with E-state index >= 15 is 0 Å². The van der Waals surface area contributed by atoms with Gasteiger partial charge in [0.2, 0.25) is 0 Å². The largest absolute Gasteiger partial charge is 0.493 e. The molecule has 0 aliphatic carbocycles. The fourth-order valence-electron chi connectivity index (χ4n) is 2.56. The molecule has 19 heavy (non-hydrogen) atoms. The molecule has 2 aromatic rings. The second-order valence-electron chi connectivity index (χ2n) is 5.01. The van der Waals surface area contributed by atoms with Gasteiger partial charge in [0.05, 0.1) is 13.2 Å². The summed E-state index contributed by atoms with van der Waals surface area (Å²) in [5, 5.41) is 2.33. The minimum Gasteiger partial charge on any atom is -0.493 e. The third kappa shape index (κ3) is 2.57. The summed E-state index contributed by atoms with van der Waals surface area (Å²) in [4.78, 5) is 0. The van der Waals surface area contributed by atoms with Crippen molar-refractivity contribution >= 4 is 10.8 Å². The highest BCUT2D eigenvalue weighted by molar-refractivity contribution is 5.91. The van der Waals surface area contributed by atoms with Crippen molar-refractivity contribution in [1.29, 1.82) is 0 Å². The van der Waals surface area contributed by atoms with Crippen LogP contribution >= 0.6 is 0 Å². The average molecular weight is 257 g/mol. The van der Waals surface area contributed by atoms with Crippen molar-refractivity contribution < 1.29 is 9.47 Å². The van der Waals surface area contributed by atoms with Crippen molar-refractivity contribution in [2.75, 3.05) is 19.8 Å². The quantitative estimate of drug-likeness (QED) is 0.916. The number of rotatable bonds is 4. The number of benzene rings is 2. The summed E-state index contributed by atoms with van der Waals surface area (Å²) in [6, 6.07) is 12.4. The van der Waals surface area contributed by atoms with Gasteiger partial charge in [-0.2, -0.15) is 0 Å². The molecule has 1 fully saturated rings. The molecule has 100 valence electrons. The Morgan fingerprint density at radius 1 is 1.16 bits per heavy atom. The van der Waals surface area contributed by atoms with Crippen LogP contribution in [0.25, 0.3) is 10.8 Å². The molecule has 1 atom stereocenters. The smallest absolute Gasteiger partial charge is 0.127 e. The maximum absolute atomic E-state index is 5.98. The van der Waals surface area contributed by atoms with E-state index in [1.54, 1.807) is 0 Å². The van der Waals surface area contributed by atoms with Crippen LogP contribution < -0.4 is 10.5 Å². The van der Waals surface area contributed by atoms with Crippen LogP contribution in [0.2, 0.25) is 0 Å². The Labute approximate surface area is 113 Å². The molecule has 2 N–H and O–H groups in total. The molecule has 1 aliphatic heterocycles. The first-order valence-electron chi connectivity index (χ1n) is 6.79. The minimum atomic E-state index is 0.521. The van der Waals surface area contributed by atoms with E-state index in [1.807, 2.05) is 18.2 Å². The van der Waals surface area contributed by atoms with Gasteiger partial charge >= 0.3 is 0 Å². The molecular formula is C16H19NO2. The summed E-state index contributed by atoms with van der Waals surface area (Å²) < 4.78 is 11.4. The zero-order chi connectivity index (χ0) is 13.1. The summed E-state index contributed by atoms with van der Waals surface area (Å²) in [5.41, 5.74) is 6.94. The van der Waals surface area contributed by atoms with Crippen molar-refractivity contribution in [2.45, 2.75) is 13.0 Å². The second kappa shape index (κ2) is 5.59. The summed E-state index contributed by atoms with van der Waals surface area (Å²) in [7, 11) is 0. The minimum absolute atomic E-state index is 0.521. The monoisotopic (exact) mass is 257 g/mol. The zero-order valence-electron chi connectivity index (χ0n) is 11.0. The van der Waals surface area contributed by atoms with Gasteiger partial charge in [-0.15, -0.1) is 0 Å². The topological polar surface area (TPSA) is 44.5 Å². The van der Waals surface area contributed by atoms with Crippen LogP contribution in [0, 0.1) is 5.92 Å². The number of nitrogens with two attached hydrogens (primary N) is 1. The lowest BCUT2D eigenvalue weighted by Crippen LogP contribution is -2.12. The second-order valence-corrected chi connectivity index (χ2v) is 5.01. The van der Waals surface area contributed by atoms with E-state index in [-0.39, 0.29) is 0 Å². The Hall–Kier alpha value is -1.58. The van der Waals surface area contributed by atoms with Gasteiger partial charge in [0, 0.05) is 24.5 Å². The van der Waals surface area contributed by atoms with E-state index in [0.29, 0.717) is 12.5 Å². The molecule has 1 saturated heterocycles. The number of fused-ring (bicyclic) bond motifs is 1. The first-order chi connectivity index (χ1) is 9.38. The molecule has 3 heteroatoms. The SMILES string of the molecule is NCc1ccc(OCC2CCOC2)c2ccccc12. The normalized spacial score (nSPS) is 18.9. The fraction of sp³-hybridized carbons (Fsp3) is 0.375. The molecule has 1 unspecified atom stereocenters.